The van der Waals surface area contributed by atoms with Crippen LogP contribution in [0, 0.1) is 6.92 Å². The predicted octanol–water partition coefficient (Wildman–Crippen LogP) is 1.25. The average Bonchev–Trinajstić information content (AvgIpc) is 2.71. The van der Waals surface area contributed by atoms with Crippen molar-refractivity contribution >= 4 is 11.3 Å². The van der Waals surface area contributed by atoms with Gasteiger partial charge in [-0.2, -0.15) is 0 Å². The highest BCUT2D eigenvalue weighted by Gasteiger charge is 2.23. The maximum atomic E-state index is 9.80. The van der Waals surface area contributed by atoms with E-state index in [0.717, 1.165) is 23.7 Å². The van der Waals surface area contributed by atoms with E-state index in [-0.39, 0.29) is 6.54 Å². The van der Waals surface area contributed by atoms with Crippen molar-refractivity contribution in [3.05, 3.63) is 15.6 Å². The largest absolute Gasteiger partial charge is 0.386 e. The summed E-state index contributed by atoms with van der Waals surface area (Å²) in [5.74, 6) is 0.564. The van der Waals surface area contributed by atoms with Gasteiger partial charge in [0.25, 0.3) is 0 Å². The van der Waals surface area contributed by atoms with E-state index in [9.17, 15) is 5.11 Å². The summed E-state index contributed by atoms with van der Waals surface area (Å²) >= 11 is 1.64. The topological polar surface area (TPSA) is 62.4 Å². The van der Waals surface area contributed by atoms with E-state index in [2.05, 4.69) is 16.9 Å². The second-order valence-electron chi connectivity index (χ2n) is 4.83. The number of hydrogen-bond donors (Lipinski definition) is 2. The van der Waals surface area contributed by atoms with Gasteiger partial charge in [-0.3, -0.25) is 0 Å². The SMILES string of the molecule is Cc1nc(C2CCN(C)CC2)sc1C(O)CN. The monoisotopic (exact) mass is 255 g/mol. The molecule has 0 bridgehead atoms. The van der Waals surface area contributed by atoms with Gasteiger partial charge in [-0.05, 0) is 39.9 Å². The minimum Gasteiger partial charge on any atom is -0.386 e. The Morgan fingerprint density at radius 2 is 2.18 bits per heavy atom. The maximum absolute atomic E-state index is 9.80. The van der Waals surface area contributed by atoms with Crippen LogP contribution >= 0.6 is 11.3 Å². The lowest BCUT2D eigenvalue weighted by atomic mass is 9.98. The van der Waals surface area contributed by atoms with Gasteiger partial charge in [0.15, 0.2) is 0 Å². The molecule has 0 saturated carbocycles. The molecule has 5 heteroatoms. The predicted molar refractivity (Wildman–Crippen MR) is 70.3 cm³/mol. The Kier molecular flexibility index (Phi) is 4.14. The molecule has 1 aromatic heterocycles. The van der Waals surface area contributed by atoms with Crippen molar-refractivity contribution in [2.45, 2.75) is 31.8 Å². The van der Waals surface area contributed by atoms with Gasteiger partial charge in [0.05, 0.1) is 15.6 Å². The van der Waals surface area contributed by atoms with Crippen LogP contribution in [0.5, 0.6) is 0 Å². The Morgan fingerprint density at radius 1 is 1.53 bits per heavy atom. The number of piperidine rings is 1. The Hall–Kier alpha value is -0.490. The van der Waals surface area contributed by atoms with Gasteiger partial charge < -0.3 is 15.7 Å². The molecule has 4 nitrogen and oxygen atoms in total. The summed E-state index contributed by atoms with van der Waals surface area (Å²) in [6.45, 7) is 4.51. The molecule has 1 aliphatic heterocycles. The minimum absolute atomic E-state index is 0.274. The van der Waals surface area contributed by atoms with Crippen molar-refractivity contribution in [2.24, 2.45) is 5.73 Å². The van der Waals surface area contributed by atoms with Crippen LogP contribution < -0.4 is 5.73 Å². The Balaban J connectivity index is 2.11. The molecule has 0 aliphatic carbocycles. The number of aliphatic hydroxyl groups is 1. The van der Waals surface area contributed by atoms with Crippen LogP contribution in [0.3, 0.4) is 0 Å². The molecule has 17 heavy (non-hydrogen) atoms. The highest BCUT2D eigenvalue weighted by atomic mass is 32.1. The number of aliphatic hydroxyl groups excluding tert-OH is 1. The summed E-state index contributed by atoms with van der Waals surface area (Å²) in [7, 11) is 2.16. The smallest absolute Gasteiger partial charge is 0.102 e. The van der Waals surface area contributed by atoms with E-state index < -0.39 is 6.10 Å². The first-order valence-corrected chi connectivity index (χ1v) is 6.97. The lowest BCUT2D eigenvalue weighted by molar-refractivity contribution is 0.189. The van der Waals surface area contributed by atoms with Crippen molar-refractivity contribution < 1.29 is 5.11 Å². The molecule has 2 heterocycles. The molecule has 1 aromatic rings. The minimum atomic E-state index is -0.549. The maximum Gasteiger partial charge on any atom is 0.102 e. The molecule has 0 spiro atoms. The zero-order valence-electron chi connectivity index (χ0n) is 10.5. The van der Waals surface area contributed by atoms with Crippen LogP contribution in [0.1, 0.15) is 40.4 Å². The number of aryl methyl sites for hydroxylation is 1. The zero-order valence-corrected chi connectivity index (χ0v) is 11.3. The number of nitrogens with two attached hydrogens (primary N) is 1. The third kappa shape index (κ3) is 2.85. The molecule has 2 rings (SSSR count). The van der Waals surface area contributed by atoms with Gasteiger partial charge in [0, 0.05) is 12.5 Å². The first-order chi connectivity index (χ1) is 8.11. The summed E-state index contributed by atoms with van der Waals surface area (Å²) < 4.78 is 0. The Labute approximate surface area is 106 Å². The number of aromatic nitrogens is 1. The molecule has 0 radical (unpaired) electrons. The summed E-state index contributed by atoms with van der Waals surface area (Å²) in [6.07, 6.45) is 1.79. The number of hydrogen-bond acceptors (Lipinski definition) is 5. The Bertz CT molecular complexity index is 372. The molecule has 1 unspecified atom stereocenters. The molecule has 1 fully saturated rings. The molecule has 1 saturated heterocycles. The van der Waals surface area contributed by atoms with E-state index in [1.54, 1.807) is 11.3 Å². The van der Waals surface area contributed by atoms with Crippen molar-refractivity contribution in [3.8, 4) is 0 Å². The van der Waals surface area contributed by atoms with Gasteiger partial charge in [0.1, 0.15) is 6.10 Å². The average molecular weight is 255 g/mol. The lowest BCUT2D eigenvalue weighted by Gasteiger charge is -2.27. The zero-order chi connectivity index (χ0) is 12.4. The third-order valence-corrected chi connectivity index (χ3v) is 4.86. The molecular weight excluding hydrogens is 234 g/mol. The highest BCUT2D eigenvalue weighted by molar-refractivity contribution is 7.11. The van der Waals surface area contributed by atoms with Crippen LogP contribution in [0.4, 0.5) is 0 Å². The van der Waals surface area contributed by atoms with E-state index in [4.69, 9.17) is 5.73 Å². The quantitative estimate of drug-likeness (QED) is 0.853. The lowest BCUT2D eigenvalue weighted by Crippen LogP contribution is -2.29. The van der Waals surface area contributed by atoms with E-state index in [1.807, 2.05) is 6.92 Å². The van der Waals surface area contributed by atoms with Crippen molar-refractivity contribution in [3.63, 3.8) is 0 Å². The van der Waals surface area contributed by atoms with E-state index >= 15 is 0 Å². The van der Waals surface area contributed by atoms with Gasteiger partial charge in [-0.1, -0.05) is 0 Å². The first-order valence-electron chi connectivity index (χ1n) is 6.15. The van der Waals surface area contributed by atoms with E-state index in [1.165, 1.54) is 17.8 Å². The Morgan fingerprint density at radius 3 is 2.76 bits per heavy atom. The number of thiazole rings is 1. The summed E-state index contributed by atoms with van der Waals surface area (Å²) in [5.41, 5.74) is 6.45. The van der Waals surface area contributed by atoms with Crippen LogP contribution in [0.25, 0.3) is 0 Å². The van der Waals surface area contributed by atoms with Crippen LogP contribution in [-0.4, -0.2) is 41.7 Å². The summed E-state index contributed by atoms with van der Waals surface area (Å²) in [4.78, 5) is 7.91. The van der Waals surface area contributed by atoms with Gasteiger partial charge >= 0.3 is 0 Å². The molecule has 1 aliphatic rings. The van der Waals surface area contributed by atoms with Crippen molar-refractivity contribution in [1.82, 2.24) is 9.88 Å². The fraction of sp³-hybridized carbons (Fsp3) is 0.750. The molecule has 3 N–H and O–H groups in total. The fourth-order valence-electron chi connectivity index (χ4n) is 2.28. The van der Waals surface area contributed by atoms with Gasteiger partial charge in [-0.25, -0.2) is 4.98 Å². The number of nitrogens with zero attached hydrogens (tertiary/aromatic N) is 2. The van der Waals surface area contributed by atoms with Gasteiger partial charge in [0.2, 0.25) is 0 Å². The van der Waals surface area contributed by atoms with E-state index in [0.29, 0.717) is 5.92 Å². The molecule has 0 amide bonds. The molecule has 96 valence electrons. The fourth-order valence-corrected chi connectivity index (χ4v) is 3.51. The van der Waals surface area contributed by atoms with Crippen LogP contribution in [-0.2, 0) is 0 Å². The second kappa shape index (κ2) is 5.44. The van der Waals surface area contributed by atoms with Crippen molar-refractivity contribution in [2.75, 3.05) is 26.7 Å². The normalized spacial score (nSPS) is 20.7. The van der Waals surface area contributed by atoms with Crippen LogP contribution in [0.15, 0.2) is 0 Å². The second-order valence-corrected chi connectivity index (χ2v) is 5.89. The summed E-state index contributed by atoms with van der Waals surface area (Å²) in [6, 6.07) is 0. The van der Waals surface area contributed by atoms with Crippen molar-refractivity contribution in [1.29, 1.82) is 0 Å². The number of rotatable bonds is 3. The highest BCUT2D eigenvalue weighted by Crippen LogP contribution is 2.34. The standard InChI is InChI=1S/C12H21N3OS/c1-8-11(10(16)7-13)17-12(14-8)9-3-5-15(2)6-4-9/h9-10,16H,3-7,13H2,1-2H3. The van der Waals surface area contributed by atoms with Gasteiger partial charge in [-0.15, -0.1) is 11.3 Å². The number of likely N-dealkylation sites (tertiary alicyclic amines) is 1. The third-order valence-electron chi connectivity index (χ3n) is 3.44. The molecular formula is C12H21N3OS. The summed E-state index contributed by atoms with van der Waals surface area (Å²) in [5, 5.41) is 11.0. The first kappa shape index (κ1) is 13.0. The molecule has 1 atom stereocenters. The van der Waals surface area contributed by atoms with Crippen LogP contribution in [0.2, 0.25) is 0 Å². The molecule has 0 aromatic carbocycles.